The summed E-state index contributed by atoms with van der Waals surface area (Å²) in [6.45, 7) is 18.3. The number of rotatable bonds is 23. The molecule has 0 radical (unpaired) electrons. The fraction of sp³-hybridized carbons (Fsp3) is 0.318. The standard InChI is InChI=1S/C44H62N8O6Si3/c1-8-41(52(44(55)50-40-28-19-12-20-29-40)34-31-47-56-36-46-37-22-13-9-14-23-37)60(4,5)58-61(6,7)57-59(2,3)35-21-32-51(43(54)49-39-26-17-11-18-27-39)33-30-45-42(53)48-38-24-15-10-16-25-38/h9-20,22-29,46-47H,1,21,30-36H2,2-7H3,(H,49,54)(H,50,55)(H2,45,48,53). The minimum Gasteiger partial charge on any atom is -0.437 e. The number of amides is 6. The highest BCUT2D eigenvalue weighted by Crippen LogP contribution is 2.29. The van der Waals surface area contributed by atoms with Crippen molar-refractivity contribution in [3.8, 4) is 0 Å². The molecule has 4 aromatic carbocycles. The van der Waals surface area contributed by atoms with Gasteiger partial charge in [-0.1, -0.05) is 79.4 Å². The van der Waals surface area contributed by atoms with Crippen LogP contribution in [0.25, 0.3) is 0 Å². The molecule has 0 saturated heterocycles. The molecular formula is C44H62N8O6Si3. The number of carbonyl (C=O) groups excluding carboxylic acids is 3. The van der Waals surface area contributed by atoms with Crippen LogP contribution in [0.15, 0.2) is 139 Å². The largest absolute Gasteiger partial charge is 0.437 e. The molecule has 0 heterocycles. The van der Waals surface area contributed by atoms with Gasteiger partial charge in [-0.2, -0.15) is 5.48 Å². The molecule has 0 aliphatic heterocycles. The lowest BCUT2D eigenvalue weighted by molar-refractivity contribution is 0.0523. The maximum atomic E-state index is 13.9. The zero-order chi connectivity index (χ0) is 44.1. The third-order valence-corrected chi connectivity index (χ3v) is 20.5. The van der Waals surface area contributed by atoms with Gasteiger partial charge in [0.25, 0.3) is 0 Å². The van der Waals surface area contributed by atoms with Gasteiger partial charge in [0.05, 0.1) is 5.32 Å². The minimum absolute atomic E-state index is 0.231. The van der Waals surface area contributed by atoms with Crippen LogP contribution in [-0.2, 0) is 13.1 Å². The topological polar surface area (TPSA) is 158 Å². The molecule has 326 valence electrons. The second-order valence-corrected chi connectivity index (χ2v) is 27.7. The molecule has 61 heavy (non-hydrogen) atoms. The van der Waals surface area contributed by atoms with E-state index in [2.05, 4.69) is 57.5 Å². The number of nitrogens with zero attached hydrogens (tertiary/aromatic N) is 2. The first kappa shape index (κ1) is 48.2. The summed E-state index contributed by atoms with van der Waals surface area (Å²) < 4.78 is 13.9. The first-order chi connectivity index (χ1) is 29.2. The fourth-order valence-electron chi connectivity index (χ4n) is 6.75. The maximum absolute atomic E-state index is 13.9. The van der Waals surface area contributed by atoms with Gasteiger partial charge in [-0.25, -0.2) is 14.4 Å². The smallest absolute Gasteiger partial charge is 0.326 e. The lowest BCUT2D eigenvalue weighted by atomic mass is 10.3. The van der Waals surface area contributed by atoms with Crippen LogP contribution in [-0.4, -0.2) is 92.5 Å². The minimum atomic E-state index is -2.90. The van der Waals surface area contributed by atoms with Gasteiger partial charge in [0.2, 0.25) is 8.32 Å². The number of hydrogen-bond acceptors (Lipinski definition) is 8. The summed E-state index contributed by atoms with van der Waals surface area (Å²) in [5.74, 6) is 0. The number of anilines is 4. The van der Waals surface area contributed by atoms with Crippen molar-refractivity contribution >= 4 is 66.0 Å². The van der Waals surface area contributed by atoms with E-state index >= 15 is 0 Å². The van der Waals surface area contributed by atoms with Crippen LogP contribution in [0, 0.1) is 0 Å². The van der Waals surface area contributed by atoms with E-state index in [0.29, 0.717) is 48.4 Å². The van der Waals surface area contributed by atoms with Gasteiger partial charge in [0.15, 0.2) is 8.32 Å². The predicted octanol–water partition coefficient (Wildman–Crippen LogP) is 9.21. The number of para-hydroxylation sites is 4. The van der Waals surface area contributed by atoms with E-state index in [1.54, 1.807) is 9.80 Å². The zero-order valence-electron chi connectivity index (χ0n) is 36.3. The molecule has 0 aromatic heterocycles. The number of benzene rings is 4. The highest BCUT2D eigenvalue weighted by molar-refractivity contribution is 6.90. The van der Waals surface area contributed by atoms with Crippen LogP contribution >= 0.6 is 0 Å². The Hall–Kier alpha value is -5.50. The average Bonchev–Trinajstić information content (AvgIpc) is 3.21. The Labute approximate surface area is 364 Å². The Bertz CT molecular complexity index is 2010. The Balaban J connectivity index is 1.36. The summed E-state index contributed by atoms with van der Waals surface area (Å²) in [5.41, 5.74) is 8.98. The van der Waals surface area contributed by atoms with Gasteiger partial charge in [0, 0.05) is 55.5 Å². The maximum Gasteiger partial charge on any atom is 0.326 e. The van der Waals surface area contributed by atoms with E-state index in [1.165, 1.54) is 0 Å². The predicted molar refractivity (Wildman–Crippen MR) is 253 cm³/mol. The molecule has 4 aromatic rings. The summed E-state index contributed by atoms with van der Waals surface area (Å²) in [5, 5.41) is 15.4. The highest BCUT2D eigenvalue weighted by atomic mass is 28.5. The van der Waals surface area contributed by atoms with Crippen molar-refractivity contribution in [3.63, 3.8) is 0 Å². The Morgan fingerprint density at radius 1 is 0.623 bits per heavy atom. The summed E-state index contributed by atoms with van der Waals surface area (Å²) in [6, 6.07) is 37.3. The molecule has 6 amide bonds. The van der Waals surface area contributed by atoms with Crippen LogP contribution in [0.5, 0.6) is 0 Å². The molecule has 17 heteroatoms. The van der Waals surface area contributed by atoms with E-state index in [4.69, 9.17) is 13.1 Å². The second kappa shape index (κ2) is 24.1. The van der Waals surface area contributed by atoms with Gasteiger partial charge in [0.1, 0.15) is 6.73 Å². The SMILES string of the molecule is C=C=C(N(CCNOCNc1ccccc1)C(=O)Nc1ccccc1)[Si](C)(C)O[Si](C)(C)O[Si](C)(C)CCCN(CCNC(=O)Nc1ccccc1)C(=O)Nc1ccccc1. The first-order valence-electron chi connectivity index (χ1n) is 20.5. The van der Waals surface area contributed by atoms with Crippen LogP contribution in [0.3, 0.4) is 0 Å². The van der Waals surface area contributed by atoms with Crippen molar-refractivity contribution in [2.45, 2.75) is 51.7 Å². The molecule has 0 fully saturated rings. The van der Waals surface area contributed by atoms with Crippen molar-refractivity contribution in [2.24, 2.45) is 0 Å². The van der Waals surface area contributed by atoms with E-state index in [1.807, 2.05) is 148 Å². The van der Waals surface area contributed by atoms with Gasteiger partial charge < -0.3 is 39.7 Å². The van der Waals surface area contributed by atoms with Gasteiger partial charge in [-0.05, 0) is 100 Å². The molecular weight excluding hydrogens is 821 g/mol. The Morgan fingerprint density at radius 2 is 1.13 bits per heavy atom. The van der Waals surface area contributed by atoms with E-state index in [-0.39, 0.29) is 37.9 Å². The molecule has 0 aliphatic carbocycles. The van der Waals surface area contributed by atoms with E-state index < -0.39 is 25.2 Å². The second-order valence-electron chi connectivity index (χ2n) is 15.7. The average molecular weight is 883 g/mol. The molecule has 0 unspecified atom stereocenters. The van der Waals surface area contributed by atoms with E-state index in [9.17, 15) is 14.4 Å². The highest BCUT2D eigenvalue weighted by Gasteiger charge is 2.44. The van der Waals surface area contributed by atoms with Crippen molar-refractivity contribution in [3.05, 3.63) is 139 Å². The number of urea groups is 3. The van der Waals surface area contributed by atoms with Crippen molar-refractivity contribution in [1.82, 2.24) is 20.6 Å². The summed E-state index contributed by atoms with van der Waals surface area (Å²) in [6.07, 6.45) is 0.685. The molecule has 0 aliphatic rings. The monoisotopic (exact) mass is 882 g/mol. The van der Waals surface area contributed by atoms with Crippen molar-refractivity contribution < 1.29 is 27.5 Å². The van der Waals surface area contributed by atoms with Crippen molar-refractivity contribution in [1.29, 1.82) is 0 Å². The molecule has 0 saturated carbocycles. The molecule has 14 nitrogen and oxygen atoms in total. The third-order valence-electron chi connectivity index (χ3n) is 9.18. The lowest BCUT2D eigenvalue weighted by Crippen LogP contribution is -2.56. The van der Waals surface area contributed by atoms with Crippen molar-refractivity contribution in [2.75, 3.05) is 60.7 Å². The van der Waals surface area contributed by atoms with Gasteiger partial charge in [-0.15, -0.1) is 5.73 Å². The molecule has 0 spiro atoms. The van der Waals surface area contributed by atoms with Crippen LogP contribution in [0.2, 0.25) is 45.3 Å². The zero-order valence-corrected chi connectivity index (χ0v) is 39.3. The number of hydrogen-bond donors (Lipinski definition) is 6. The Kier molecular flexibility index (Phi) is 19.0. The van der Waals surface area contributed by atoms with Crippen LogP contribution < -0.4 is 32.1 Å². The van der Waals surface area contributed by atoms with E-state index in [0.717, 1.165) is 11.7 Å². The number of carbonyl (C=O) groups is 3. The fourth-order valence-corrected chi connectivity index (χ4v) is 20.6. The normalized spacial score (nSPS) is 11.4. The first-order valence-corrected chi connectivity index (χ1v) is 29.3. The Morgan fingerprint density at radius 3 is 1.67 bits per heavy atom. The summed E-state index contributed by atoms with van der Waals surface area (Å²) in [4.78, 5) is 48.9. The van der Waals surface area contributed by atoms with Crippen LogP contribution in [0.4, 0.5) is 37.1 Å². The molecule has 0 bridgehead atoms. The third kappa shape index (κ3) is 17.6. The summed E-state index contributed by atoms with van der Waals surface area (Å²) in [7, 11) is -8.08. The van der Waals surface area contributed by atoms with Gasteiger partial charge >= 0.3 is 26.7 Å². The molecule has 6 N–H and O–H groups in total. The number of hydroxylamine groups is 1. The van der Waals surface area contributed by atoms with Crippen LogP contribution in [0.1, 0.15) is 6.42 Å². The quantitative estimate of drug-likeness (QED) is 0.0142. The lowest BCUT2D eigenvalue weighted by Gasteiger charge is -2.41. The molecule has 4 rings (SSSR count). The van der Waals surface area contributed by atoms with Gasteiger partial charge in [-0.3, -0.25) is 9.74 Å². The summed E-state index contributed by atoms with van der Waals surface area (Å²) >= 11 is 0. The number of nitrogens with one attached hydrogen (secondary N) is 6. The molecule has 0 atom stereocenters.